The van der Waals surface area contributed by atoms with Gasteiger partial charge in [0.15, 0.2) is 0 Å². The molecule has 78 valence electrons. The predicted molar refractivity (Wildman–Crippen MR) is 52.5 cm³/mol. The van der Waals surface area contributed by atoms with Gasteiger partial charge in [0, 0.05) is 25.6 Å². The smallest absolute Gasteiger partial charge is 0.0717 e. The first-order valence-corrected chi connectivity index (χ1v) is 5.14. The molecule has 13 heavy (non-hydrogen) atoms. The first-order chi connectivity index (χ1) is 6.13. The molecule has 2 atom stereocenters. The number of aliphatic hydroxyl groups excluding tert-OH is 2. The van der Waals surface area contributed by atoms with Crippen LogP contribution in [0, 0.1) is 11.8 Å². The van der Waals surface area contributed by atoms with Gasteiger partial charge in [0.05, 0.1) is 6.10 Å². The van der Waals surface area contributed by atoms with Crippen molar-refractivity contribution < 1.29 is 10.2 Å². The molecule has 0 aliphatic carbocycles. The van der Waals surface area contributed by atoms with E-state index in [4.69, 9.17) is 5.11 Å². The molecule has 1 rings (SSSR count). The second-order valence-electron chi connectivity index (χ2n) is 4.45. The average Bonchev–Trinajstić information content (AvgIpc) is 2.03. The molecular formula is C10H21NO2. The highest BCUT2D eigenvalue weighted by atomic mass is 16.3. The number of piperidine rings is 1. The summed E-state index contributed by atoms with van der Waals surface area (Å²) in [7, 11) is 0. The molecule has 2 N–H and O–H groups in total. The maximum atomic E-state index is 9.65. The number of hydrogen-bond donors (Lipinski definition) is 2. The van der Waals surface area contributed by atoms with Crippen LogP contribution in [0.25, 0.3) is 0 Å². The van der Waals surface area contributed by atoms with Crippen molar-refractivity contribution in [2.75, 3.05) is 26.2 Å². The highest BCUT2D eigenvalue weighted by molar-refractivity contribution is 4.79. The second-order valence-corrected chi connectivity index (χ2v) is 4.45. The fourth-order valence-electron chi connectivity index (χ4n) is 1.94. The van der Waals surface area contributed by atoms with Gasteiger partial charge in [-0.1, -0.05) is 13.8 Å². The molecule has 0 aromatic carbocycles. The molecule has 0 amide bonds. The van der Waals surface area contributed by atoms with Crippen molar-refractivity contribution in [1.82, 2.24) is 4.90 Å². The van der Waals surface area contributed by atoms with Gasteiger partial charge in [-0.25, -0.2) is 0 Å². The third kappa shape index (κ3) is 3.25. The Hall–Kier alpha value is -0.120. The Kier molecular flexibility index (Phi) is 4.16. The molecule has 1 fully saturated rings. The summed E-state index contributed by atoms with van der Waals surface area (Å²) in [6, 6.07) is 0. The molecule has 2 unspecified atom stereocenters. The molecular weight excluding hydrogens is 166 g/mol. The first kappa shape index (κ1) is 11.0. The van der Waals surface area contributed by atoms with Gasteiger partial charge in [0.2, 0.25) is 0 Å². The maximum absolute atomic E-state index is 9.65. The van der Waals surface area contributed by atoms with Crippen molar-refractivity contribution >= 4 is 0 Å². The van der Waals surface area contributed by atoms with E-state index in [0.717, 1.165) is 26.1 Å². The van der Waals surface area contributed by atoms with E-state index in [1.54, 1.807) is 0 Å². The van der Waals surface area contributed by atoms with Crippen molar-refractivity contribution in [3.8, 4) is 0 Å². The Labute approximate surface area is 80.4 Å². The lowest BCUT2D eigenvalue weighted by Gasteiger charge is -2.35. The molecule has 3 heteroatoms. The minimum Gasteiger partial charge on any atom is -0.396 e. The van der Waals surface area contributed by atoms with Crippen molar-refractivity contribution in [3.05, 3.63) is 0 Å². The average molecular weight is 187 g/mol. The summed E-state index contributed by atoms with van der Waals surface area (Å²) in [5.74, 6) is 0.751. The topological polar surface area (TPSA) is 43.7 Å². The number of aliphatic hydroxyl groups is 2. The lowest BCUT2D eigenvalue weighted by molar-refractivity contribution is -0.00495. The lowest BCUT2D eigenvalue weighted by Crippen LogP contribution is -2.46. The van der Waals surface area contributed by atoms with Gasteiger partial charge in [-0.3, -0.25) is 0 Å². The highest BCUT2D eigenvalue weighted by Gasteiger charge is 2.26. The van der Waals surface area contributed by atoms with Gasteiger partial charge in [-0.2, -0.15) is 0 Å². The van der Waals surface area contributed by atoms with Gasteiger partial charge in [0.25, 0.3) is 0 Å². The van der Waals surface area contributed by atoms with E-state index in [0.29, 0.717) is 5.92 Å². The molecule has 0 aromatic heterocycles. The highest BCUT2D eigenvalue weighted by Crippen LogP contribution is 2.17. The fourth-order valence-corrected chi connectivity index (χ4v) is 1.94. The zero-order valence-corrected chi connectivity index (χ0v) is 8.61. The van der Waals surface area contributed by atoms with Crippen LogP contribution in [0.3, 0.4) is 0 Å². The summed E-state index contributed by atoms with van der Waals surface area (Å²) >= 11 is 0. The maximum Gasteiger partial charge on any atom is 0.0717 e. The van der Waals surface area contributed by atoms with Crippen LogP contribution in [0.1, 0.15) is 20.3 Å². The van der Waals surface area contributed by atoms with Crippen LogP contribution < -0.4 is 0 Å². The Morgan fingerprint density at radius 2 is 2.15 bits per heavy atom. The normalized spacial score (nSPS) is 31.2. The number of likely N-dealkylation sites (tertiary alicyclic amines) is 1. The van der Waals surface area contributed by atoms with Crippen molar-refractivity contribution in [3.63, 3.8) is 0 Å². The zero-order chi connectivity index (χ0) is 9.84. The van der Waals surface area contributed by atoms with E-state index >= 15 is 0 Å². The fraction of sp³-hybridized carbons (Fsp3) is 1.00. The number of rotatable bonds is 3. The van der Waals surface area contributed by atoms with E-state index in [2.05, 4.69) is 18.7 Å². The molecule has 1 saturated heterocycles. The predicted octanol–water partition coefficient (Wildman–Crippen LogP) is 0.318. The summed E-state index contributed by atoms with van der Waals surface area (Å²) in [5.41, 5.74) is 0. The van der Waals surface area contributed by atoms with Gasteiger partial charge in [0.1, 0.15) is 0 Å². The van der Waals surface area contributed by atoms with E-state index in [1.807, 2.05) is 0 Å². The molecule has 1 aliphatic heterocycles. The summed E-state index contributed by atoms with van der Waals surface area (Å²) in [5, 5.41) is 18.6. The zero-order valence-electron chi connectivity index (χ0n) is 8.61. The monoisotopic (exact) mass is 187 g/mol. The Morgan fingerprint density at radius 3 is 2.62 bits per heavy atom. The minimum atomic E-state index is -0.336. The van der Waals surface area contributed by atoms with Crippen LogP contribution in [0.5, 0.6) is 0 Å². The van der Waals surface area contributed by atoms with Crippen molar-refractivity contribution in [2.45, 2.75) is 26.4 Å². The van der Waals surface area contributed by atoms with Crippen LogP contribution in [0.4, 0.5) is 0 Å². The molecule has 0 aromatic rings. The first-order valence-electron chi connectivity index (χ1n) is 5.14. The SMILES string of the molecule is CC(C)CN1CCC(CO)C(O)C1. The summed E-state index contributed by atoms with van der Waals surface area (Å²) < 4.78 is 0. The van der Waals surface area contributed by atoms with Crippen LogP contribution in [-0.4, -0.2) is 47.5 Å². The molecule has 0 spiro atoms. The quantitative estimate of drug-likeness (QED) is 0.668. The van der Waals surface area contributed by atoms with Gasteiger partial charge < -0.3 is 15.1 Å². The number of hydrogen-bond acceptors (Lipinski definition) is 3. The molecule has 1 heterocycles. The molecule has 0 bridgehead atoms. The van der Waals surface area contributed by atoms with Crippen molar-refractivity contribution in [2.24, 2.45) is 11.8 Å². The van der Waals surface area contributed by atoms with Crippen LogP contribution in [-0.2, 0) is 0 Å². The standard InChI is InChI=1S/C10H21NO2/c1-8(2)5-11-4-3-9(7-12)10(13)6-11/h8-10,12-13H,3-7H2,1-2H3. The molecule has 0 saturated carbocycles. The third-order valence-electron chi connectivity index (χ3n) is 2.66. The van der Waals surface area contributed by atoms with Gasteiger partial charge in [-0.05, 0) is 18.9 Å². The van der Waals surface area contributed by atoms with Crippen LogP contribution in [0.15, 0.2) is 0 Å². The van der Waals surface area contributed by atoms with Gasteiger partial charge in [-0.15, -0.1) is 0 Å². The molecule has 0 radical (unpaired) electrons. The van der Waals surface area contributed by atoms with E-state index in [9.17, 15) is 5.11 Å². The van der Waals surface area contributed by atoms with E-state index < -0.39 is 0 Å². The second kappa shape index (κ2) is 4.94. The summed E-state index contributed by atoms with van der Waals surface area (Å²) in [6.07, 6.45) is 0.585. The Bertz CT molecular complexity index is 150. The lowest BCUT2D eigenvalue weighted by atomic mass is 9.94. The minimum absolute atomic E-state index is 0.100. The van der Waals surface area contributed by atoms with E-state index in [1.165, 1.54) is 0 Å². The largest absolute Gasteiger partial charge is 0.396 e. The molecule has 1 aliphatic rings. The summed E-state index contributed by atoms with van der Waals surface area (Å²) in [4.78, 5) is 2.28. The number of β-amino-alcohol motifs (C(OH)–C–C–N with tert-alkyl or cyclic N) is 1. The van der Waals surface area contributed by atoms with Crippen LogP contribution in [0.2, 0.25) is 0 Å². The summed E-state index contributed by atoms with van der Waals surface area (Å²) in [6.45, 7) is 7.28. The van der Waals surface area contributed by atoms with Crippen molar-refractivity contribution in [1.29, 1.82) is 0 Å². The molecule has 3 nitrogen and oxygen atoms in total. The number of nitrogens with zero attached hydrogens (tertiary/aromatic N) is 1. The Morgan fingerprint density at radius 1 is 1.46 bits per heavy atom. The Balaban J connectivity index is 2.32. The third-order valence-corrected chi connectivity index (χ3v) is 2.66. The van der Waals surface area contributed by atoms with E-state index in [-0.39, 0.29) is 18.6 Å². The van der Waals surface area contributed by atoms with Gasteiger partial charge >= 0.3 is 0 Å². The van der Waals surface area contributed by atoms with Crippen LogP contribution >= 0.6 is 0 Å².